The number of hydrogen-bond donors (Lipinski definition) is 3. The predicted octanol–water partition coefficient (Wildman–Crippen LogP) is 1.10. The zero-order valence-corrected chi connectivity index (χ0v) is 17.0. The van der Waals surface area contributed by atoms with E-state index in [2.05, 4.69) is 21.5 Å². The van der Waals surface area contributed by atoms with Crippen LogP contribution in [0.2, 0.25) is 0 Å². The fourth-order valence-electron chi connectivity index (χ4n) is 3.07. The van der Waals surface area contributed by atoms with Crippen LogP contribution in [-0.4, -0.2) is 56.1 Å². The topological polar surface area (TPSA) is 164 Å². The van der Waals surface area contributed by atoms with E-state index in [9.17, 15) is 14.5 Å². The molecular weight excluding hydrogens is 405 g/mol. The lowest BCUT2D eigenvalue weighted by molar-refractivity contribution is -0.201. The lowest BCUT2D eigenvalue weighted by Gasteiger charge is -2.28. The molecule has 0 radical (unpaired) electrons. The summed E-state index contributed by atoms with van der Waals surface area (Å²) < 4.78 is 36.1. The number of nitrogen functional groups attached to an aromatic ring is 1. The van der Waals surface area contributed by atoms with Gasteiger partial charge in [0.15, 0.2) is 29.5 Å². The molecule has 2 aromatic heterocycles. The number of aromatic amines is 1. The van der Waals surface area contributed by atoms with Gasteiger partial charge in [-0.05, 0) is 19.9 Å². The van der Waals surface area contributed by atoms with E-state index in [1.165, 1.54) is 17.0 Å². The average Bonchev–Trinajstić information content (AvgIpc) is 3.22. The molecule has 2 aromatic rings. The van der Waals surface area contributed by atoms with Crippen LogP contribution in [0.25, 0.3) is 11.2 Å². The van der Waals surface area contributed by atoms with Crippen LogP contribution in [0.4, 0.5) is 5.95 Å². The number of aromatic nitrogens is 4. The van der Waals surface area contributed by atoms with Crippen molar-refractivity contribution in [3.8, 4) is 0 Å². The number of aliphatic hydroxyl groups excluding tert-OH is 1. The fourth-order valence-corrected chi connectivity index (χ4v) is 4.46. The maximum absolute atomic E-state index is 12.7. The maximum Gasteiger partial charge on any atom is 0.356 e. The van der Waals surface area contributed by atoms with E-state index < -0.39 is 37.6 Å². The number of fused-ring (bicyclic) bond motifs is 1. The fraction of sp³-hybridized carbons (Fsp3) is 0.562. The van der Waals surface area contributed by atoms with Gasteiger partial charge in [0.05, 0.1) is 19.5 Å². The van der Waals surface area contributed by atoms with Crippen molar-refractivity contribution in [2.24, 2.45) is 0 Å². The number of hydrogen-bond acceptors (Lipinski definition) is 10. The summed E-state index contributed by atoms with van der Waals surface area (Å²) in [5, 5.41) is 10.6. The van der Waals surface area contributed by atoms with Crippen molar-refractivity contribution in [1.82, 2.24) is 19.5 Å². The van der Waals surface area contributed by atoms with Gasteiger partial charge in [0.25, 0.3) is 5.56 Å². The van der Waals surface area contributed by atoms with Crippen molar-refractivity contribution in [1.29, 1.82) is 0 Å². The number of nitrogens with zero attached hydrogens (tertiary/aromatic N) is 3. The number of nitrogens with one attached hydrogen (secondary N) is 1. The van der Waals surface area contributed by atoms with Crippen LogP contribution >= 0.6 is 7.60 Å². The lowest BCUT2D eigenvalue weighted by atomic mass is 10.1. The van der Waals surface area contributed by atoms with Gasteiger partial charge in [0, 0.05) is 6.42 Å². The Hall–Kier alpha value is -2.08. The van der Waals surface area contributed by atoms with Gasteiger partial charge in [-0.25, -0.2) is 4.98 Å². The second-order valence-electron chi connectivity index (χ2n) is 6.29. The molecule has 4 N–H and O–H groups in total. The Labute approximate surface area is 166 Å². The Bertz CT molecular complexity index is 982. The standard InChI is InChI=1S/C16H24N5O7P/c1-4-16(25-9-29(24,26-5-2)27-6-3)7-10(22)14(28-16)21-8-18-11-12(21)19-15(17)20-13(11)23/h4,8,10,14,22H,1,5-7,9H2,2-3H3,(H3,17,19,20,23). The molecule has 0 bridgehead atoms. The summed E-state index contributed by atoms with van der Waals surface area (Å²) in [6.07, 6.45) is 0.196. The van der Waals surface area contributed by atoms with E-state index in [1.54, 1.807) is 13.8 Å². The Morgan fingerprint density at radius 1 is 1.52 bits per heavy atom. The summed E-state index contributed by atoms with van der Waals surface area (Å²) in [6, 6.07) is 0. The maximum atomic E-state index is 12.7. The molecule has 1 aliphatic heterocycles. The minimum absolute atomic E-state index is 0.0161. The highest BCUT2D eigenvalue weighted by Crippen LogP contribution is 2.50. The van der Waals surface area contributed by atoms with Crippen LogP contribution in [-0.2, 0) is 23.1 Å². The molecule has 0 spiro atoms. The summed E-state index contributed by atoms with van der Waals surface area (Å²) >= 11 is 0. The number of imidazole rings is 1. The van der Waals surface area contributed by atoms with Crippen molar-refractivity contribution in [2.45, 2.75) is 38.4 Å². The predicted molar refractivity (Wildman–Crippen MR) is 103 cm³/mol. The summed E-state index contributed by atoms with van der Waals surface area (Å²) in [6.45, 7) is 7.43. The number of aliphatic hydroxyl groups is 1. The van der Waals surface area contributed by atoms with Crippen molar-refractivity contribution < 1.29 is 28.2 Å². The summed E-state index contributed by atoms with van der Waals surface area (Å²) in [5.41, 5.74) is 5.28. The molecule has 12 nitrogen and oxygen atoms in total. The Balaban J connectivity index is 1.86. The monoisotopic (exact) mass is 429 g/mol. The third-order valence-electron chi connectivity index (χ3n) is 4.30. The van der Waals surface area contributed by atoms with E-state index in [0.29, 0.717) is 0 Å². The Morgan fingerprint density at radius 3 is 2.83 bits per heavy atom. The molecule has 0 aliphatic carbocycles. The quantitative estimate of drug-likeness (QED) is 0.388. The van der Waals surface area contributed by atoms with Crippen molar-refractivity contribution in [3.63, 3.8) is 0 Å². The number of rotatable bonds is 9. The Morgan fingerprint density at radius 2 is 2.21 bits per heavy atom. The molecule has 3 atom stereocenters. The van der Waals surface area contributed by atoms with Crippen LogP contribution in [0.5, 0.6) is 0 Å². The molecule has 160 valence electrons. The third-order valence-corrected chi connectivity index (χ3v) is 6.05. The molecule has 1 fully saturated rings. The van der Waals surface area contributed by atoms with Gasteiger partial charge < -0.3 is 29.4 Å². The highest BCUT2D eigenvalue weighted by Gasteiger charge is 2.48. The number of nitrogens with two attached hydrogens (primary N) is 1. The molecule has 0 saturated carbocycles. The first-order chi connectivity index (χ1) is 13.8. The molecule has 3 unspecified atom stereocenters. The first-order valence-electron chi connectivity index (χ1n) is 9.00. The van der Waals surface area contributed by atoms with Gasteiger partial charge in [-0.2, -0.15) is 4.98 Å². The van der Waals surface area contributed by atoms with Gasteiger partial charge in [0.2, 0.25) is 5.95 Å². The van der Waals surface area contributed by atoms with Crippen LogP contribution in [0.3, 0.4) is 0 Å². The number of ether oxygens (including phenoxy) is 2. The molecule has 13 heteroatoms. The molecule has 3 heterocycles. The first kappa shape index (κ1) is 21.6. The van der Waals surface area contributed by atoms with Crippen molar-refractivity contribution >= 4 is 24.7 Å². The average molecular weight is 429 g/mol. The van der Waals surface area contributed by atoms with Gasteiger partial charge in [-0.15, -0.1) is 0 Å². The molecule has 29 heavy (non-hydrogen) atoms. The number of anilines is 1. The second kappa shape index (κ2) is 8.34. The van der Waals surface area contributed by atoms with E-state index in [1.807, 2.05) is 0 Å². The molecule has 3 rings (SSSR count). The lowest BCUT2D eigenvalue weighted by Crippen LogP contribution is -2.30. The zero-order chi connectivity index (χ0) is 21.2. The molecule has 0 amide bonds. The largest absolute Gasteiger partial charge is 0.388 e. The van der Waals surface area contributed by atoms with E-state index >= 15 is 0 Å². The van der Waals surface area contributed by atoms with Crippen molar-refractivity contribution in [2.75, 3.05) is 25.3 Å². The normalized spacial score (nSPS) is 24.9. The molecule has 1 saturated heterocycles. The second-order valence-corrected chi connectivity index (χ2v) is 8.29. The van der Waals surface area contributed by atoms with Crippen LogP contribution in [0.15, 0.2) is 23.8 Å². The summed E-state index contributed by atoms with van der Waals surface area (Å²) in [5.74, 6) is -1.56. The highest BCUT2D eigenvalue weighted by atomic mass is 31.2. The van der Waals surface area contributed by atoms with Crippen LogP contribution < -0.4 is 11.3 Å². The smallest absolute Gasteiger partial charge is 0.356 e. The molecule has 0 aromatic carbocycles. The van der Waals surface area contributed by atoms with Crippen molar-refractivity contribution in [3.05, 3.63) is 29.3 Å². The minimum atomic E-state index is -3.50. The summed E-state index contributed by atoms with van der Waals surface area (Å²) in [7, 11) is -3.50. The van der Waals surface area contributed by atoms with Gasteiger partial charge in [-0.1, -0.05) is 6.58 Å². The molecular formula is C16H24N5O7P. The minimum Gasteiger partial charge on any atom is -0.388 e. The van der Waals surface area contributed by atoms with E-state index in [4.69, 9.17) is 24.3 Å². The van der Waals surface area contributed by atoms with Crippen LogP contribution in [0, 0.1) is 0 Å². The SMILES string of the molecule is C=CC1(OCP(=O)(OCC)OCC)CC(O)C(n2cnc3c(=O)[nH]c(N)nc32)O1. The highest BCUT2D eigenvalue weighted by molar-refractivity contribution is 7.53. The zero-order valence-electron chi connectivity index (χ0n) is 16.1. The van der Waals surface area contributed by atoms with E-state index in [0.717, 1.165) is 0 Å². The van der Waals surface area contributed by atoms with Gasteiger partial charge >= 0.3 is 7.60 Å². The summed E-state index contributed by atoms with van der Waals surface area (Å²) in [4.78, 5) is 22.4. The van der Waals surface area contributed by atoms with Gasteiger partial charge in [0.1, 0.15) is 6.10 Å². The molecule has 1 aliphatic rings. The number of H-pyrrole nitrogens is 1. The Kier molecular flexibility index (Phi) is 6.22. The first-order valence-corrected chi connectivity index (χ1v) is 10.7. The van der Waals surface area contributed by atoms with E-state index in [-0.39, 0.29) is 36.7 Å². The third kappa shape index (κ3) is 4.27. The van der Waals surface area contributed by atoms with Crippen LogP contribution in [0.1, 0.15) is 26.5 Å². The van der Waals surface area contributed by atoms with Gasteiger partial charge in [-0.3, -0.25) is 18.9 Å².